The lowest BCUT2D eigenvalue weighted by atomic mass is 9.77. The van der Waals surface area contributed by atoms with Gasteiger partial charge in [-0.2, -0.15) is 0 Å². The van der Waals surface area contributed by atoms with E-state index in [-0.39, 0.29) is 0 Å². The van der Waals surface area contributed by atoms with Crippen molar-refractivity contribution in [3.63, 3.8) is 0 Å². The molecule has 1 heterocycles. The molecule has 0 spiro atoms. The van der Waals surface area contributed by atoms with Crippen molar-refractivity contribution in [3.05, 3.63) is 66.7 Å². The van der Waals surface area contributed by atoms with E-state index in [4.69, 9.17) is 0 Å². The summed E-state index contributed by atoms with van der Waals surface area (Å²) >= 11 is 0. The van der Waals surface area contributed by atoms with Crippen LogP contribution >= 0.6 is 0 Å². The van der Waals surface area contributed by atoms with E-state index in [0.717, 1.165) is 32.9 Å². The summed E-state index contributed by atoms with van der Waals surface area (Å²) in [6.07, 6.45) is 0. The fourth-order valence-corrected chi connectivity index (χ4v) is 2.98. The molecule has 0 saturated heterocycles. The number of rotatable bonds is 2. The van der Waals surface area contributed by atoms with Gasteiger partial charge in [-0.1, -0.05) is 54.6 Å². The third kappa shape index (κ3) is 2.01. The number of nitrogens with one attached hydrogen (secondary N) is 1. The van der Waals surface area contributed by atoms with E-state index in [1.54, 1.807) is 0 Å². The zero-order valence-corrected chi connectivity index (χ0v) is 11.8. The Hall–Kier alpha value is -2.56. The lowest BCUT2D eigenvalue weighted by Crippen LogP contribution is -2.30. The average molecular weight is 287 g/mol. The highest BCUT2D eigenvalue weighted by Crippen LogP contribution is 2.29. The molecule has 3 N–H and O–H groups in total. The van der Waals surface area contributed by atoms with Gasteiger partial charge in [0.15, 0.2) is 0 Å². The molecule has 0 bridgehead atoms. The summed E-state index contributed by atoms with van der Waals surface area (Å²) in [4.78, 5) is 3.29. The van der Waals surface area contributed by atoms with Crippen LogP contribution < -0.4 is 5.46 Å². The second-order valence-electron chi connectivity index (χ2n) is 5.40. The topological polar surface area (TPSA) is 56.2 Å². The molecule has 106 valence electrons. The zero-order valence-electron chi connectivity index (χ0n) is 11.8. The van der Waals surface area contributed by atoms with E-state index in [1.807, 2.05) is 60.7 Å². The molecular formula is C18H14BNO2. The summed E-state index contributed by atoms with van der Waals surface area (Å²) in [5.41, 5.74) is 4.28. The molecule has 0 aliphatic rings. The molecule has 0 aliphatic carbocycles. The van der Waals surface area contributed by atoms with Gasteiger partial charge >= 0.3 is 7.12 Å². The number of aromatic amines is 1. The van der Waals surface area contributed by atoms with Gasteiger partial charge in [-0.3, -0.25) is 0 Å². The molecule has 4 aromatic rings. The van der Waals surface area contributed by atoms with Crippen LogP contribution in [0.2, 0.25) is 0 Å². The number of benzene rings is 3. The van der Waals surface area contributed by atoms with Crippen LogP contribution in [0.3, 0.4) is 0 Å². The highest BCUT2D eigenvalue weighted by atomic mass is 16.4. The van der Waals surface area contributed by atoms with Gasteiger partial charge < -0.3 is 15.0 Å². The highest BCUT2D eigenvalue weighted by Gasteiger charge is 2.19. The van der Waals surface area contributed by atoms with Crippen molar-refractivity contribution in [3.8, 4) is 11.1 Å². The van der Waals surface area contributed by atoms with Crippen molar-refractivity contribution < 1.29 is 10.0 Å². The van der Waals surface area contributed by atoms with Crippen molar-refractivity contribution in [1.29, 1.82) is 0 Å². The molecule has 0 unspecified atom stereocenters. The van der Waals surface area contributed by atoms with Gasteiger partial charge in [0, 0.05) is 27.3 Å². The highest BCUT2D eigenvalue weighted by molar-refractivity contribution is 6.62. The van der Waals surface area contributed by atoms with Gasteiger partial charge in [-0.15, -0.1) is 0 Å². The van der Waals surface area contributed by atoms with Crippen molar-refractivity contribution in [2.75, 3.05) is 0 Å². The Labute approximate surface area is 128 Å². The summed E-state index contributed by atoms with van der Waals surface area (Å²) in [6, 6.07) is 21.9. The van der Waals surface area contributed by atoms with Crippen LogP contribution in [0.4, 0.5) is 0 Å². The lowest BCUT2D eigenvalue weighted by Gasteiger charge is -2.07. The standard InChI is InChI=1S/C18H14BNO2/c21-19(22)16-11-13(12-6-2-1-3-7-12)10-15-14-8-4-5-9-17(14)20-18(15)16/h1-11,20-22H. The van der Waals surface area contributed by atoms with Gasteiger partial charge in [-0.05, 0) is 23.3 Å². The van der Waals surface area contributed by atoms with Gasteiger partial charge in [0.1, 0.15) is 0 Å². The van der Waals surface area contributed by atoms with Crippen molar-refractivity contribution >= 4 is 34.4 Å². The van der Waals surface area contributed by atoms with Crippen LogP contribution in [0.5, 0.6) is 0 Å². The number of hydrogen-bond acceptors (Lipinski definition) is 2. The Balaban J connectivity index is 2.10. The Kier molecular flexibility index (Phi) is 3.00. The molecule has 0 fully saturated rings. The van der Waals surface area contributed by atoms with E-state index in [1.165, 1.54) is 0 Å². The fraction of sp³-hybridized carbons (Fsp3) is 0. The molecular weight excluding hydrogens is 273 g/mol. The zero-order chi connectivity index (χ0) is 15.1. The fourth-order valence-electron chi connectivity index (χ4n) is 2.98. The monoisotopic (exact) mass is 287 g/mol. The van der Waals surface area contributed by atoms with Gasteiger partial charge in [-0.25, -0.2) is 0 Å². The number of para-hydroxylation sites is 1. The minimum absolute atomic E-state index is 0.493. The first-order valence-electron chi connectivity index (χ1n) is 7.20. The maximum atomic E-state index is 9.75. The third-order valence-electron chi connectivity index (χ3n) is 4.03. The van der Waals surface area contributed by atoms with Crippen LogP contribution in [0.25, 0.3) is 32.9 Å². The minimum Gasteiger partial charge on any atom is -0.423 e. The number of hydrogen-bond donors (Lipinski definition) is 3. The van der Waals surface area contributed by atoms with Crippen molar-refractivity contribution in [2.24, 2.45) is 0 Å². The quantitative estimate of drug-likeness (QED) is 0.496. The first-order chi connectivity index (χ1) is 10.7. The predicted molar refractivity (Wildman–Crippen MR) is 91.1 cm³/mol. The number of fused-ring (bicyclic) bond motifs is 3. The predicted octanol–water partition coefficient (Wildman–Crippen LogP) is 2.67. The van der Waals surface area contributed by atoms with Crippen LogP contribution in [0.15, 0.2) is 66.7 Å². The normalized spacial score (nSPS) is 11.2. The molecule has 0 saturated carbocycles. The molecule has 1 aromatic heterocycles. The van der Waals surface area contributed by atoms with E-state index in [9.17, 15) is 10.0 Å². The largest absolute Gasteiger partial charge is 0.490 e. The summed E-state index contributed by atoms with van der Waals surface area (Å²) in [5.74, 6) is 0. The van der Waals surface area contributed by atoms with Crippen molar-refractivity contribution in [1.82, 2.24) is 4.98 Å². The van der Waals surface area contributed by atoms with E-state index in [2.05, 4.69) is 11.1 Å². The van der Waals surface area contributed by atoms with Crippen LogP contribution in [0.1, 0.15) is 0 Å². The molecule has 22 heavy (non-hydrogen) atoms. The van der Waals surface area contributed by atoms with E-state index >= 15 is 0 Å². The molecule has 4 heteroatoms. The first-order valence-corrected chi connectivity index (χ1v) is 7.20. The smallest absolute Gasteiger partial charge is 0.423 e. The third-order valence-corrected chi connectivity index (χ3v) is 4.03. The summed E-state index contributed by atoms with van der Waals surface area (Å²) in [7, 11) is -1.51. The summed E-state index contributed by atoms with van der Waals surface area (Å²) in [5, 5.41) is 21.6. The number of aromatic nitrogens is 1. The molecule has 3 nitrogen and oxygen atoms in total. The second-order valence-corrected chi connectivity index (χ2v) is 5.40. The Morgan fingerprint density at radius 2 is 1.45 bits per heavy atom. The maximum Gasteiger partial charge on any atom is 0.490 e. The molecule has 0 atom stereocenters. The summed E-state index contributed by atoms with van der Waals surface area (Å²) < 4.78 is 0. The minimum atomic E-state index is -1.51. The van der Waals surface area contributed by atoms with Crippen molar-refractivity contribution in [2.45, 2.75) is 0 Å². The molecule has 0 amide bonds. The Morgan fingerprint density at radius 1 is 0.727 bits per heavy atom. The average Bonchev–Trinajstić information content (AvgIpc) is 2.93. The lowest BCUT2D eigenvalue weighted by molar-refractivity contribution is 0.426. The van der Waals surface area contributed by atoms with Crippen LogP contribution in [0, 0.1) is 0 Å². The van der Waals surface area contributed by atoms with Gasteiger partial charge in [0.2, 0.25) is 0 Å². The maximum absolute atomic E-state index is 9.75. The molecule has 0 radical (unpaired) electrons. The molecule has 4 rings (SSSR count). The Bertz CT molecular complexity index is 961. The number of H-pyrrole nitrogens is 1. The van der Waals surface area contributed by atoms with Gasteiger partial charge in [0.05, 0.1) is 0 Å². The second kappa shape index (κ2) is 5.02. The van der Waals surface area contributed by atoms with Gasteiger partial charge in [0.25, 0.3) is 0 Å². The Morgan fingerprint density at radius 3 is 2.23 bits per heavy atom. The van der Waals surface area contributed by atoms with Crippen LogP contribution in [-0.2, 0) is 0 Å². The molecule has 3 aromatic carbocycles. The van der Waals surface area contributed by atoms with E-state index < -0.39 is 7.12 Å². The SMILES string of the molecule is OB(O)c1cc(-c2ccccc2)cc2c1[nH]c1ccccc12. The summed E-state index contributed by atoms with van der Waals surface area (Å²) in [6.45, 7) is 0. The van der Waals surface area contributed by atoms with E-state index in [0.29, 0.717) is 5.46 Å². The first kappa shape index (κ1) is 13.1. The molecule has 0 aliphatic heterocycles. The van der Waals surface area contributed by atoms with Crippen LogP contribution in [-0.4, -0.2) is 22.2 Å².